The third-order valence-electron chi connectivity index (χ3n) is 13.8. The summed E-state index contributed by atoms with van der Waals surface area (Å²) in [5, 5.41) is 15.1. The molecule has 3 aliphatic rings. The van der Waals surface area contributed by atoms with E-state index in [0.29, 0.717) is 75.4 Å². The van der Waals surface area contributed by atoms with Gasteiger partial charge in [0.15, 0.2) is 0 Å². The first-order valence-electron chi connectivity index (χ1n) is 23.6. The first-order chi connectivity index (χ1) is 32.2. The van der Waals surface area contributed by atoms with Crippen molar-refractivity contribution in [3.05, 3.63) is 113 Å². The molecule has 0 radical (unpaired) electrons. The van der Waals surface area contributed by atoms with Gasteiger partial charge in [-0.15, -0.1) is 0 Å². The molecule has 7 aromatic rings. The fourth-order valence-electron chi connectivity index (χ4n) is 10.4. The molecule has 4 amide bonds. The Hall–Kier alpha value is -7.06. The van der Waals surface area contributed by atoms with Gasteiger partial charge in [0.25, 0.3) is 17.7 Å². The topological polar surface area (TPSA) is 187 Å². The van der Waals surface area contributed by atoms with Crippen molar-refractivity contribution < 1.29 is 24.3 Å². The molecule has 10 rings (SSSR count). The van der Waals surface area contributed by atoms with Gasteiger partial charge in [0.05, 0.1) is 0 Å². The number of carbonyl (C=O) groups excluding carboxylic acids is 4. The number of aromatic amines is 3. The molecule has 0 unspecified atom stereocenters. The predicted molar refractivity (Wildman–Crippen MR) is 262 cm³/mol. The molecule has 3 aliphatic heterocycles. The summed E-state index contributed by atoms with van der Waals surface area (Å²) < 4.78 is 0. The summed E-state index contributed by atoms with van der Waals surface area (Å²) in [6.45, 7) is 6.24. The highest BCUT2D eigenvalue weighted by Gasteiger charge is 2.33. The van der Waals surface area contributed by atoms with Gasteiger partial charge in [-0.1, -0.05) is 19.8 Å². The molecule has 7 N–H and O–H groups in total. The van der Waals surface area contributed by atoms with Crippen LogP contribution in [-0.4, -0.2) is 89.6 Å². The third-order valence-corrected chi connectivity index (χ3v) is 13.8. The Morgan fingerprint density at radius 2 is 1.12 bits per heavy atom. The lowest BCUT2D eigenvalue weighted by atomic mass is 10.1. The smallest absolute Gasteiger partial charge is 0.274 e. The number of aliphatic hydroxyl groups is 1. The average Bonchev–Trinajstić information content (AvgIpc) is 4.18. The third kappa shape index (κ3) is 7.93. The molecule has 0 atom stereocenters. The van der Waals surface area contributed by atoms with E-state index in [2.05, 4.69) is 44.2 Å². The van der Waals surface area contributed by atoms with Gasteiger partial charge in [0.1, 0.15) is 17.1 Å². The van der Waals surface area contributed by atoms with Crippen LogP contribution in [0.2, 0.25) is 0 Å². The number of benzene rings is 4. The fraction of sp³-hybridized carbons (Fsp3) is 0.346. The van der Waals surface area contributed by atoms with Crippen molar-refractivity contribution in [1.82, 2.24) is 20.3 Å². The second-order valence-corrected chi connectivity index (χ2v) is 17.9. The second-order valence-electron chi connectivity index (χ2n) is 17.9. The molecule has 0 saturated carbocycles. The minimum Gasteiger partial charge on any atom is -0.399 e. The Morgan fingerprint density at radius 3 is 1.67 bits per heavy atom. The summed E-state index contributed by atoms with van der Waals surface area (Å²) in [5.74, 6) is -0.350. The van der Waals surface area contributed by atoms with Crippen LogP contribution in [0.1, 0.15) is 100 Å². The highest BCUT2D eigenvalue weighted by molar-refractivity contribution is 6.14. The van der Waals surface area contributed by atoms with E-state index in [0.717, 1.165) is 117 Å². The van der Waals surface area contributed by atoms with Gasteiger partial charge in [0.2, 0.25) is 5.91 Å². The number of hydrogen-bond acceptors (Lipinski definition) is 7. The van der Waals surface area contributed by atoms with Crippen molar-refractivity contribution in [2.24, 2.45) is 0 Å². The first kappa shape index (κ1) is 42.9. The zero-order chi connectivity index (χ0) is 45.5. The quantitative estimate of drug-likeness (QED) is 0.0419. The van der Waals surface area contributed by atoms with Crippen LogP contribution in [0.25, 0.3) is 32.7 Å². The maximum Gasteiger partial charge on any atom is 0.274 e. The van der Waals surface area contributed by atoms with Gasteiger partial charge in [-0.25, -0.2) is 0 Å². The lowest BCUT2D eigenvalue weighted by Crippen LogP contribution is -2.30. The molecule has 14 heteroatoms. The minimum absolute atomic E-state index is 0.0568. The number of hydrogen-bond donors (Lipinski definition) is 6. The molecule has 0 aliphatic carbocycles. The van der Waals surface area contributed by atoms with Crippen LogP contribution in [0.15, 0.2) is 78.9 Å². The van der Waals surface area contributed by atoms with E-state index >= 15 is 0 Å². The van der Waals surface area contributed by atoms with Gasteiger partial charge >= 0.3 is 0 Å². The van der Waals surface area contributed by atoms with Crippen molar-refractivity contribution in [3.8, 4) is 0 Å². The molecule has 340 valence electrons. The second kappa shape index (κ2) is 18.1. The molecule has 0 spiro atoms. The largest absolute Gasteiger partial charge is 0.399 e. The number of amides is 4. The van der Waals surface area contributed by atoms with Gasteiger partial charge in [-0.3, -0.25) is 19.2 Å². The summed E-state index contributed by atoms with van der Waals surface area (Å²) in [7, 11) is 0. The molecule has 4 aromatic carbocycles. The van der Waals surface area contributed by atoms with Crippen molar-refractivity contribution >= 4 is 84.8 Å². The molecule has 66 heavy (non-hydrogen) atoms. The summed E-state index contributed by atoms with van der Waals surface area (Å²) in [4.78, 5) is 72.6. The van der Waals surface area contributed by atoms with Crippen LogP contribution < -0.4 is 30.7 Å². The number of fused-ring (bicyclic) bond motifs is 9. The van der Waals surface area contributed by atoms with Crippen LogP contribution in [0, 0.1) is 0 Å². The van der Waals surface area contributed by atoms with Gasteiger partial charge in [-0.05, 0) is 140 Å². The standard InChI is InChI=1S/C52H57N9O5/c1-2-3-5-23-58(33-11-9-32(53)10-12-33)24-7-22-54-50(64)43-29-37-35-20-26-60(47(35)17-14-40(37)55-43)52(66)45-31-39-36-21-27-61(48(36)18-15-42(39)57-45)51(65)44-30-38-34-19-25-59(49(63)8-4-6-28-62)46(34)16-13-41(38)56-44/h9-18,29-31,55-57,62H,2-8,19-28,53H2,1H3,(H,54,64). The van der Waals surface area contributed by atoms with Gasteiger partial charge in [0, 0.05) is 113 Å². The number of H-pyrrole nitrogens is 3. The number of rotatable bonds is 16. The number of aromatic nitrogens is 3. The Balaban J connectivity index is 0.805. The van der Waals surface area contributed by atoms with Crippen LogP contribution >= 0.6 is 0 Å². The summed E-state index contributed by atoms with van der Waals surface area (Å²) in [5.41, 5.74) is 17.5. The van der Waals surface area contributed by atoms with Crippen molar-refractivity contribution in [1.29, 1.82) is 0 Å². The molecule has 0 bridgehead atoms. The van der Waals surface area contributed by atoms with Crippen LogP contribution in [0.5, 0.6) is 0 Å². The molecular weight excluding hydrogens is 831 g/mol. The first-order valence-corrected chi connectivity index (χ1v) is 23.6. The SMILES string of the molecule is CCCCCN(CCCNC(=O)c1cc2c3c(ccc2[nH]1)N(C(=O)c1cc2c4c(ccc2[nH]1)N(C(=O)c1cc2c5c(ccc2[nH]1)N(C(=O)CCCCO)CC5)CC4)CC3)c1ccc(N)cc1. The summed E-state index contributed by atoms with van der Waals surface area (Å²) in [6.07, 6.45) is 7.93. The fourth-order valence-corrected chi connectivity index (χ4v) is 10.4. The molecule has 14 nitrogen and oxygen atoms in total. The van der Waals surface area contributed by atoms with Gasteiger partial charge in [-0.2, -0.15) is 0 Å². The van der Waals surface area contributed by atoms with E-state index in [9.17, 15) is 19.2 Å². The highest BCUT2D eigenvalue weighted by atomic mass is 16.3. The number of nitrogens with zero attached hydrogens (tertiary/aromatic N) is 4. The number of unbranched alkanes of at least 4 members (excludes halogenated alkanes) is 3. The maximum absolute atomic E-state index is 14.3. The van der Waals surface area contributed by atoms with Crippen molar-refractivity contribution in [2.75, 3.05) is 71.2 Å². The Labute approximate surface area is 383 Å². The number of nitrogens with two attached hydrogens (primary N) is 1. The minimum atomic E-state index is -0.154. The molecule has 0 fully saturated rings. The molecule has 6 heterocycles. The number of aliphatic hydroxyl groups excluding tert-OH is 1. The van der Waals surface area contributed by atoms with E-state index in [1.807, 2.05) is 81.4 Å². The maximum atomic E-state index is 14.3. The van der Waals surface area contributed by atoms with Crippen LogP contribution in [0.3, 0.4) is 0 Å². The van der Waals surface area contributed by atoms with E-state index in [1.54, 1.807) is 0 Å². The monoisotopic (exact) mass is 887 g/mol. The molecule has 0 saturated heterocycles. The summed E-state index contributed by atoms with van der Waals surface area (Å²) in [6, 6.07) is 25.4. The normalized spacial score (nSPS) is 14.1. The van der Waals surface area contributed by atoms with Crippen molar-refractivity contribution in [2.45, 2.75) is 71.1 Å². The Kier molecular flexibility index (Phi) is 11.7. The number of nitrogen functional groups attached to an aromatic ring is 1. The van der Waals surface area contributed by atoms with E-state index in [4.69, 9.17) is 10.8 Å². The average molecular weight is 888 g/mol. The zero-order valence-electron chi connectivity index (χ0n) is 37.5. The molecule has 3 aromatic heterocycles. The van der Waals surface area contributed by atoms with E-state index < -0.39 is 0 Å². The predicted octanol–water partition coefficient (Wildman–Crippen LogP) is 7.99. The molecular formula is C52H57N9O5. The van der Waals surface area contributed by atoms with Crippen LogP contribution in [0.4, 0.5) is 28.4 Å². The lowest BCUT2D eigenvalue weighted by molar-refractivity contribution is -0.118. The number of carbonyl (C=O) groups is 4. The Bertz CT molecular complexity index is 3000. The number of anilines is 5. The van der Waals surface area contributed by atoms with Crippen LogP contribution in [-0.2, 0) is 24.1 Å². The zero-order valence-corrected chi connectivity index (χ0v) is 37.5. The van der Waals surface area contributed by atoms with E-state index in [1.165, 1.54) is 6.42 Å². The van der Waals surface area contributed by atoms with E-state index in [-0.39, 0.29) is 30.2 Å². The summed E-state index contributed by atoms with van der Waals surface area (Å²) >= 11 is 0. The number of nitrogens with one attached hydrogen (secondary N) is 4. The Morgan fingerprint density at radius 1 is 0.621 bits per heavy atom. The van der Waals surface area contributed by atoms with Crippen molar-refractivity contribution in [3.63, 3.8) is 0 Å². The highest BCUT2D eigenvalue weighted by Crippen LogP contribution is 2.40. The van der Waals surface area contributed by atoms with Gasteiger partial charge < -0.3 is 50.7 Å². The lowest BCUT2D eigenvalue weighted by Gasteiger charge is -2.25.